The lowest BCUT2D eigenvalue weighted by Crippen LogP contribution is -2.27. The van der Waals surface area contributed by atoms with Crippen molar-refractivity contribution in [3.63, 3.8) is 0 Å². The molecule has 0 bridgehead atoms. The molecule has 2 aromatic heterocycles. The fraction of sp³-hybridized carbons (Fsp3) is 0.364. The molecule has 0 radical (unpaired) electrons. The summed E-state index contributed by atoms with van der Waals surface area (Å²) in [4.78, 5) is 6.62. The number of hydrogen-bond acceptors (Lipinski definition) is 4. The van der Waals surface area contributed by atoms with E-state index in [1.807, 2.05) is 13.2 Å². The summed E-state index contributed by atoms with van der Waals surface area (Å²) in [6, 6.07) is 4.20. The quantitative estimate of drug-likeness (QED) is 0.855. The summed E-state index contributed by atoms with van der Waals surface area (Å²) in [6.07, 6.45) is 1.88. The maximum atomic E-state index is 4.44. The first-order valence-corrected chi connectivity index (χ1v) is 5.89. The summed E-state index contributed by atoms with van der Waals surface area (Å²) >= 11 is 1.76. The van der Waals surface area contributed by atoms with Crippen molar-refractivity contribution in [1.29, 1.82) is 0 Å². The Hall–Kier alpha value is -1.13. The Labute approximate surface area is 93.7 Å². The molecule has 2 rings (SSSR count). The Morgan fingerprint density at radius 1 is 1.47 bits per heavy atom. The first-order valence-electron chi connectivity index (χ1n) is 5.01. The maximum absolute atomic E-state index is 4.44. The summed E-state index contributed by atoms with van der Waals surface area (Å²) in [7, 11) is 4.04. The van der Waals surface area contributed by atoms with E-state index in [4.69, 9.17) is 0 Å². The van der Waals surface area contributed by atoms with Crippen LogP contribution in [0.4, 0.5) is 5.82 Å². The van der Waals surface area contributed by atoms with Crippen LogP contribution in [-0.4, -0.2) is 32.2 Å². The molecule has 0 atom stereocenters. The largest absolute Gasteiger partial charge is 0.358 e. The lowest BCUT2D eigenvalue weighted by Gasteiger charge is -2.18. The van der Waals surface area contributed by atoms with Gasteiger partial charge in [0, 0.05) is 36.4 Å². The molecule has 2 heterocycles. The normalized spacial score (nSPS) is 10.8. The number of anilines is 1. The number of thiophene rings is 1. The second-order valence-corrected chi connectivity index (χ2v) is 4.44. The monoisotopic (exact) mass is 221 g/mol. The Morgan fingerprint density at radius 2 is 2.33 bits per heavy atom. The highest BCUT2D eigenvalue weighted by molar-refractivity contribution is 7.17. The van der Waals surface area contributed by atoms with Gasteiger partial charge in [0.1, 0.15) is 5.82 Å². The van der Waals surface area contributed by atoms with Crippen LogP contribution < -0.4 is 10.2 Å². The van der Waals surface area contributed by atoms with Gasteiger partial charge in [0.25, 0.3) is 0 Å². The third kappa shape index (κ3) is 2.11. The predicted molar refractivity (Wildman–Crippen MR) is 66.8 cm³/mol. The first-order chi connectivity index (χ1) is 7.33. The van der Waals surface area contributed by atoms with E-state index >= 15 is 0 Å². The van der Waals surface area contributed by atoms with Crippen molar-refractivity contribution in [2.45, 2.75) is 0 Å². The molecular formula is C11H15N3S. The van der Waals surface area contributed by atoms with E-state index in [9.17, 15) is 0 Å². The summed E-state index contributed by atoms with van der Waals surface area (Å²) in [5.74, 6) is 1.07. The van der Waals surface area contributed by atoms with Gasteiger partial charge in [-0.3, -0.25) is 0 Å². The second-order valence-electron chi connectivity index (χ2n) is 3.49. The fourth-order valence-corrected chi connectivity index (χ4v) is 2.35. The van der Waals surface area contributed by atoms with Crippen LogP contribution in [0.1, 0.15) is 0 Å². The molecule has 0 aliphatic rings. The van der Waals surface area contributed by atoms with Gasteiger partial charge < -0.3 is 10.2 Å². The molecule has 4 heteroatoms. The van der Waals surface area contributed by atoms with Crippen molar-refractivity contribution in [1.82, 2.24) is 10.3 Å². The van der Waals surface area contributed by atoms with Crippen LogP contribution in [0, 0.1) is 0 Å². The standard InChI is InChI=1S/C11H15N3S/c1-12-6-7-14(2)11-9-4-8-15-10(9)3-5-13-11/h3-5,8,12H,6-7H2,1-2H3. The van der Waals surface area contributed by atoms with Gasteiger partial charge in [-0.2, -0.15) is 0 Å². The van der Waals surface area contributed by atoms with Gasteiger partial charge in [0.2, 0.25) is 0 Å². The first kappa shape index (κ1) is 10.4. The van der Waals surface area contributed by atoms with Crippen molar-refractivity contribution in [3.05, 3.63) is 23.7 Å². The number of nitrogens with one attached hydrogen (secondary N) is 1. The summed E-state index contributed by atoms with van der Waals surface area (Å²) in [5, 5.41) is 6.51. The molecule has 0 saturated carbocycles. The molecule has 0 unspecified atom stereocenters. The summed E-state index contributed by atoms with van der Waals surface area (Å²) < 4.78 is 1.30. The van der Waals surface area contributed by atoms with Gasteiger partial charge in [-0.15, -0.1) is 11.3 Å². The molecule has 15 heavy (non-hydrogen) atoms. The van der Waals surface area contributed by atoms with Crippen molar-refractivity contribution in [2.75, 3.05) is 32.1 Å². The van der Waals surface area contributed by atoms with E-state index in [1.165, 1.54) is 10.1 Å². The smallest absolute Gasteiger partial charge is 0.137 e. The van der Waals surface area contributed by atoms with Crippen LogP contribution in [0.2, 0.25) is 0 Å². The average Bonchev–Trinajstić information content (AvgIpc) is 2.73. The number of aromatic nitrogens is 1. The number of likely N-dealkylation sites (N-methyl/N-ethyl adjacent to an activating group) is 2. The zero-order valence-corrected chi connectivity index (χ0v) is 9.84. The fourth-order valence-electron chi connectivity index (χ4n) is 1.57. The van der Waals surface area contributed by atoms with Crippen molar-refractivity contribution in [3.8, 4) is 0 Å². The van der Waals surface area contributed by atoms with Crippen molar-refractivity contribution < 1.29 is 0 Å². The molecule has 0 spiro atoms. The van der Waals surface area contributed by atoms with E-state index in [0.29, 0.717) is 0 Å². The van der Waals surface area contributed by atoms with E-state index in [-0.39, 0.29) is 0 Å². The SMILES string of the molecule is CNCCN(C)c1nccc2sccc12. The average molecular weight is 221 g/mol. The minimum Gasteiger partial charge on any atom is -0.358 e. The number of rotatable bonds is 4. The topological polar surface area (TPSA) is 28.2 Å². The third-order valence-corrected chi connectivity index (χ3v) is 3.30. The lowest BCUT2D eigenvalue weighted by molar-refractivity contribution is 0.763. The van der Waals surface area contributed by atoms with Crippen LogP contribution in [0.15, 0.2) is 23.7 Å². The Kier molecular flexibility index (Phi) is 3.18. The van der Waals surface area contributed by atoms with Gasteiger partial charge in [-0.05, 0) is 24.6 Å². The zero-order chi connectivity index (χ0) is 10.7. The van der Waals surface area contributed by atoms with Gasteiger partial charge in [-0.25, -0.2) is 4.98 Å². The predicted octanol–water partition coefficient (Wildman–Crippen LogP) is 1.95. The zero-order valence-electron chi connectivity index (χ0n) is 9.03. The lowest BCUT2D eigenvalue weighted by atomic mass is 10.3. The van der Waals surface area contributed by atoms with Crippen molar-refractivity contribution in [2.24, 2.45) is 0 Å². The van der Waals surface area contributed by atoms with Crippen LogP contribution in [0.25, 0.3) is 10.1 Å². The highest BCUT2D eigenvalue weighted by Crippen LogP contribution is 2.27. The highest BCUT2D eigenvalue weighted by Gasteiger charge is 2.07. The number of nitrogens with zero attached hydrogens (tertiary/aromatic N) is 2. The summed E-state index contributed by atoms with van der Waals surface area (Å²) in [6.45, 7) is 1.94. The number of pyridine rings is 1. The molecule has 0 fully saturated rings. The molecule has 0 aliphatic carbocycles. The number of fused-ring (bicyclic) bond motifs is 1. The van der Waals surface area contributed by atoms with Crippen LogP contribution in [0.5, 0.6) is 0 Å². The van der Waals surface area contributed by atoms with Crippen LogP contribution in [-0.2, 0) is 0 Å². The van der Waals surface area contributed by atoms with Gasteiger partial charge >= 0.3 is 0 Å². The molecule has 3 nitrogen and oxygen atoms in total. The summed E-state index contributed by atoms with van der Waals surface area (Å²) in [5.41, 5.74) is 0. The maximum Gasteiger partial charge on any atom is 0.137 e. The van der Waals surface area contributed by atoms with Gasteiger partial charge in [0.05, 0.1) is 0 Å². The molecule has 0 saturated heterocycles. The third-order valence-electron chi connectivity index (χ3n) is 2.42. The minimum atomic E-state index is 0.971. The van der Waals surface area contributed by atoms with Crippen LogP contribution >= 0.6 is 11.3 Å². The second kappa shape index (κ2) is 4.59. The van der Waals surface area contributed by atoms with Crippen molar-refractivity contribution >= 4 is 27.2 Å². The van der Waals surface area contributed by atoms with E-state index < -0.39 is 0 Å². The molecule has 0 aromatic carbocycles. The molecule has 80 valence electrons. The highest BCUT2D eigenvalue weighted by atomic mass is 32.1. The molecule has 0 aliphatic heterocycles. The Morgan fingerprint density at radius 3 is 3.13 bits per heavy atom. The minimum absolute atomic E-state index is 0.971. The van der Waals surface area contributed by atoms with Gasteiger partial charge in [-0.1, -0.05) is 0 Å². The van der Waals surface area contributed by atoms with E-state index in [1.54, 1.807) is 11.3 Å². The Balaban J connectivity index is 2.29. The Bertz CT molecular complexity index is 438. The molecular weight excluding hydrogens is 206 g/mol. The van der Waals surface area contributed by atoms with Crippen LogP contribution in [0.3, 0.4) is 0 Å². The number of hydrogen-bond donors (Lipinski definition) is 1. The molecule has 1 N–H and O–H groups in total. The molecule has 2 aromatic rings. The van der Waals surface area contributed by atoms with E-state index in [0.717, 1.165) is 18.9 Å². The van der Waals surface area contributed by atoms with E-state index in [2.05, 4.69) is 39.8 Å². The molecule has 0 amide bonds. The van der Waals surface area contributed by atoms with Gasteiger partial charge in [0.15, 0.2) is 0 Å².